The van der Waals surface area contributed by atoms with Gasteiger partial charge in [0.1, 0.15) is 0 Å². The van der Waals surface area contributed by atoms with Crippen LogP contribution in [0.4, 0.5) is 0 Å². The van der Waals surface area contributed by atoms with Gasteiger partial charge in [0.25, 0.3) is 0 Å². The van der Waals surface area contributed by atoms with E-state index in [1.165, 1.54) is 5.57 Å². The summed E-state index contributed by atoms with van der Waals surface area (Å²) in [5.41, 5.74) is 0.645. The van der Waals surface area contributed by atoms with Crippen molar-refractivity contribution in [2.45, 2.75) is 55.3 Å². The van der Waals surface area contributed by atoms with Crippen molar-refractivity contribution >= 4 is 31.9 Å². The summed E-state index contributed by atoms with van der Waals surface area (Å²) in [5.74, 6) is 0.409. The summed E-state index contributed by atoms with van der Waals surface area (Å²) >= 11 is 7.51. The highest BCUT2D eigenvalue weighted by molar-refractivity contribution is 9.10. The molecule has 0 aliphatic heterocycles. The molecule has 0 amide bonds. The number of aliphatic hydroxyl groups is 1. The minimum atomic E-state index is -0.780. The average molecular weight is 380 g/mol. The monoisotopic (exact) mass is 378 g/mol. The van der Waals surface area contributed by atoms with Crippen LogP contribution in [-0.4, -0.2) is 20.4 Å². The first-order chi connectivity index (χ1) is 8.12. The highest BCUT2D eigenvalue weighted by Gasteiger charge is 2.44. The summed E-state index contributed by atoms with van der Waals surface area (Å²) in [4.78, 5) is 0.840. The lowest BCUT2D eigenvalue weighted by Gasteiger charge is -2.47. The van der Waals surface area contributed by atoms with E-state index in [1.54, 1.807) is 6.08 Å². The van der Waals surface area contributed by atoms with Crippen LogP contribution in [0.5, 0.6) is 0 Å². The fourth-order valence-electron chi connectivity index (χ4n) is 2.65. The minimum absolute atomic E-state index is 0.165. The molecule has 0 radical (unpaired) electrons. The van der Waals surface area contributed by atoms with Gasteiger partial charge in [0.05, 0.1) is 5.60 Å². The van der Waals surface area contributed by atoms with Gasteiger partial charge in [0, 0.05) is 9.65 Å². The van der Waals surface area contributed by atoms with Crippen LogP contribution in [0.1, 0.15) is 40.0 Å². The summed E-state index contributed by atoms with van der Waals surface area (Å²) in [6, 6.07) is 0. The van der Waals surface area contributed by atoms with Gasteiger partial charge in [0.2, 0.25) is 0 Å². The SMILES string of the molecule is C=CC(C)(O)CCC1C(=C)C(Br)C[C@H](Br)C1(C)C. The summed E-state index contributed by atoms with van der Waals surface area (Å²) in [7, 11) is 0. The molecular formula is C15H24Br2O. The van der Waals surface area contributed by atoms with Crippen molar-refractivity contribution in [2.75, 3.05) is 0 Å². The van der Waals surface area contributed by atoms with E-state index >= 15 is 0 Å². The Morgan fingerprint density at radius 2 is 2.06 bits per heavy atom. The minimum Gasteiger partial charge on any atom is -0.386 e. The number of alkyl halides is 2. The largest absolute Gasteiger partial charge is 0.386 e. The van der Waals surface area contributed by atoms with Crippen molar-refractivity contribution in [3.05, 3.63) is 24.8 Å². The summed E-state index contributed by atoms with van der Waals surface area (Å²) < 4.78 is 0. The summed E-state index contributed by atoms with van der Waals surface area (Å²) in [5, 5.41) is 10.1. The third kappa shape index (κ3) is 3.49. The molecule has 104 valence electrons. The molecule has 0 aromatic carbocycles. The molecule has 3 heteroatoms. The predicted octanol–water partition coefficient (Wildman–Crippen LogP) is 4.83. The van der Waals surface area contributed by atoms with E-state index in [-0.39, 0.29) is 5.41 Å². The lowest BCUT2D eigenvalue weighted by atomic mass is 9.64. The molecule has 1 aliphatic carbocycles. The van der Waals surface area contributed by atoms with Crippen LogP contribution < -0.4 is 0 Å². The van der Waals surface area contributed by atoms with E-state index in [0.717, 1.165) is 19.3 Å². The van der Waals surface area contributed by atoms with Crippen molar-refractivity contribution < 1.29 is 5.11 Å². The molecule has 0 aromatic heterocycles. The predicted molar refractivity (Wildman–Crippen MR) is 86.5 cm³/mol. The van der Waals surface area contributed by atoms with Gasteiger partial charge in [-0.25, -0.2) is 0 Å². The highest BCUT2D eigenvalue weighted by atomic mass is 79.9. The second-order valence-electron chi connectivity index (χ2n) is 6.22. The van der Waals surface area contributed by atoms with Gasteiger partial charge in [-0.1, -0.05) is 63.9 Å². The van der Waals surface area contributed by atoms with Crippen LogP contribution in [0.15, 0.2) is 24.8 Å². The van der Waals surface area contributed by atoms with Gasteiger partial charge in [-0.05, 0) is 37.5 Å². The molecule has 18 heavy (non-hydrogen) atoms. The van der Waals surface area contributed by atoms with Gasteiger partial charge in [-0.3, -0.25) is 0 Å². The van der Waals surface area contributed by atoms with E-state index in [0.29, 0.717) is 15.6 Å². The zero-order valence-electron chi connectivity index (χ0n) is 11.5. The van der Waals surface area contributed by atoms with Crippen LogP contribution in [0.2, 0.25) is 0 Å². The van der Waals surface area contributed by atoms with Crippen LogP contribution in [-0.2, 0) is 0 Å². The van der Waals surface area contributed by atoms with Crippen LogP contribution in [0.3, 0.4) is 0 Å². The maximum Gasteiger partial charge on any atom is 0.0797 e. The third-order valence-electron chi connectivity index (χ3n) is 4.35. The quantitative estimate of drug-likeness (QED) is 0.547. The molecule has 1 saturated carbocycles. The smallest absolute Gasteiger partial charge is 0.0797 e. The molecule has 4 atom stereocenters. The second kappa shape index (κ2) is 5.80. The van der Waals surface area contributed by atoms with Crippen LogP contribution in [0.25, 0.3) is 0 Å². The lowest BCUT2D eigenvalue weighted by molar-refractivity contribution is 0.0818. The Morgan fingerprint density at radius 3 is 2.56 bits per heavy atom. The lowest BCUT2D eigenvalue weighted by Crippen LogP contribution is -2.43. The first-order valence-corrected chi connectivity index (χ1v) is 8.27. The number of hydrogen-bond acceptors (Lipinski definition) is 1. The number of halogens is 2. The molecule has 0 bridgehead atoms. The van der Waals surface area contributed by atoms with E-state index in [4.69, 9.17) is 0 Å². The molecular weight excluding hydrogens is 356 g/mol. The third-order valence-corrected chi connectivity index (χ3v) is 6.86. The van der Waals surface area contributed by atoms with E-state index in [1.807, 2.05) is 6.92 Å². The molecule has 0 heterocycles. The molecule has 0 saturated heterocycles. The number of allylic oxidation sites excluding steroid dienone is 1. The number of hydrogen-bond donors (Lipinski definition) is 1. The molecule has 0 spiro atoms. The summed E-state index contributed by atoms with van der Waals surface area (Å²) in [6.45, 7) is 14.3. The first kappa shape index (κ1) is 16.5. The van der Waals surface area contributed by atoms with Crippen molar-refractivity contribution in [1.82, 2.24) is 0 Å². The van der Waals surface area contributed by atoms with Crippen LogP contribution >= 0.6 is 31.9 Å². The zero-order chi connectivity index (χ0) is 14.1. The van der Waals surface area contributed by atoms with Gasteiger partial charge >= 0.3 is 0 Å². The van der Waals surface area contributed by atoms with Gasteiger partial charge < -0.3 is 5.11 Å². The number of rotatable bonds is 4. The van der Waals surface area contributed by atoms with Gasteiger partial charge in [-0.15, -0.1) is 6.58 Å². The van der Waals surface area contributed by atoms with Crippen molar-refractivity contribution in [3.8, 4) is 0 Å². The molecule has 1 N–H and O–H groups in total. The fourth-order valence-corrected chi connectivity index (χ4v) is 4.53. The van der Waals surface area contributed by atoms with E-state index in [9.17, 15) is 5.11 Å². The molecule has 1 fully saturated rings. The molecule has 1 rings (SSSR count). The zero-order valence-corrected chi connectivity index (χ0v) is 14.7. The summed E-state index contributed by atoms with van der Waals surface area (Å²) in [6.07, 6.45) is 4.36. The molecule has 0 aromatic rings. The Labute approximate surface area is 128 Å². The fraction of sp³-hybridized carbons (Fsp3) is 0.733. The first-order valence-electron chi connectivity index (χ1n) is 6.44. The normalized spacial score (nSPS) is 35.0. The Hall–Kier alpha value is 0.400. The van der Waals surface area contributed by atoms with E-state index < -0.39 is 5.60 Å². The van der Waals surface area contributed by atoms with Crippen LogP contribution in [0, 0.1) is 11.3 Å². The molecule has 1 nitrogen and oxygen atoms in total. The van der Waals surface area contributed by atoms with Crippen molar-refractivity contribution in [3.63, 3.8) is 0 Å². The topological polar surface area (TPSA) is 20.2 Å². The standard InChI is InChI=1S/C15H24Br2O/c1-6-15(5,18)8-7-11-10(2)12(16)9-13(17)14(11,3)4/h6,11-13,18H,1-2,7-9H2,3-5H3/t11?,12?,13-,15?/m0/s1. The Balaban J connectivity index is 2.82. The maximum absolute atomic E-state index is 10.1. The molecule has 1 aliphatic rings. The van der Waals surface area contributed by atoms with Crippen molar-refractivity contribution in [1.29, 1.82) is 0 Å². The van der Waals surface area contributed by atoms with Gasteiger partial charge in [0.15, 0.2) is 0 Å². The second-order valence-corrected chi connectivity index (χ2v) is 8.43. The van der Waals surface area contributed by atoms with Gasteiger partial charge in [-0.2, -0.15) is 0 Å². The van der Waals surface area contributed by atoms with E-state index in [2.05, 4.69) is 58.9 Å². The Morgan fingerprint density at radius 1 is 1.50 bits per heavy atom. The highest BCUT2D eigenvalue weighted by Crippen LogP contribution is 2.50. The molecule has 3 unspecified atom stereocenters. The van der Waals surface area contributed by atoms with Crippen molar-refractivity contribution in [2.24, 2.45) is 11.3 Å². The Kier molecular flexibility index (Phi) is 5.30. The Bertz CT molecular complexity index is 333. The average Bonchev–Trinajstić information content (AvgIpc) is 2.26. The maximum atomic E-state index is 10.1.